The molecule has 17 heavy (non-hydrogen) atoms. The van der Waals surface area contributed by atoms with E-state index >= 15 is 0 Å². The van der Waals surface area contributed by atoms with Gasteiger partial charge in [0, 0.05) is 21.8 Å². The first-order chi connectivity index (χ1) is 8.24. The number of nitrogen functional groups attached to an aromatic ring is 1. The van der Waals surface area contributed by atoms with Gasteiger partial charge in [0.15, 0.2) is 5.82 Å². The Morgan fingerprint density at radius 1 is 1.29 bits per heavy atom. The lowest BCUT2D eigenvalue weighted by molar-refractivity contribution is 1.00. The van der Waals surface area contributed by atoms with Crippen LogP contribution in [0.1, 0.15) is 12.6 Å². The lowest BCUT2D eigenvalue weighted by atomic mass is 10.2. The van der Waals surface area contributed by atoms with E-state index in [4.69, 9.17) is 5.84 Å². The Kier molecular flexibility index (Phi) is 3.71. The summed E-state index contributed by atoms with van der Waals surface area (Å²) in [4.78, 5) is 8.85. The monoisotopic (exact) mass is 292 g/mol. The van der Waals surface area contributed by atoms with Crippen molar-refractivity contribution in [2.24, 2.45) is 5.84 Å². The smallest absolute Gasteiger partial charge is 0.162 e. The molecule has 88 valence electrons. The first-order valence-electron chi connectivity index (χ1n) is 5.34. The predicted molar refractivity (Wildman–Crippen MR) is 72.4 cm³/mol. The Bertz CT molecular complexity index is 505. The van der Waals surface area contributed by atoms with E-state index in [1.807, 2.05) is 37.3 Å². The molecule has 0 bridgehead atoms. The number of hydrogen-bond acceptors (Lipinski definition) is 4. The highest BCUT2D eigenvalue weighted by molar-refractivity contribution is 9.10. The van der Waals surface area contributed by atoms with Crippen molar-refractivity contribution in [1.82, 2.24) is 9.97 Å². The molecule has 0 aliphatic heterocycles. The minimum absolute atomic E-state index is 0.627. The Balaban J connectivity index is 2.55. The third-order valence-corrected chi connectivity index (χ3v) is 3.10. The van der Waals surface area contributed by atoms with Gasteiger partial charge < -0.3 is 5.43 Å². The number of benzene rings is 1. The maximum atomic E-state index is 5.41. The van der Waals surface area contributed by atoms with Gasteiger partial charge in [-0.25, -0.2) is 15.8 Å². The second-order valence-electron chi connectivity index (χ2n) is 3.55. The molecule has 0 aliphatic rings. The number of nitrogens with one attached hydrogen (secondary N) is 1. The van der Waals surface area contributed by atoms with Crippen LogP contribution in [0.15, 0.2) is 34.8 Å². The van der Waals surface area contributed by atoms with Crippen molar-refractivity contribution in [2.75, 3.05) is 5.43 Å². The average molecular weight is 293 g/mol. The number of nitrogens with zero attached hydrogens (tertiary/aromatic N) is 2. The van der Waals surface area contributed by atoms with Crippen LogP contribution in [0.2, 0.25) is 0 Å². The summed E-state index contributed by atoms with van der Waals surface area (Å²) in [5.41, 5.74) is 4.48. The molecule has 0 aliphatic carbocycles. The van der Waals surface area contributed by atoms with E-state index in [0.717, 1.165) is 22.2 Å². The van der Waals surface area contributed by atoms with Crippen LogP contribution < -0.4 is 11.3 Å². The van der Waals surface area contributed by atoms with Gasteiger partial charge in [-0.05, 0) is 12.5 Å². The fourth-order valence-corrected chi connectivity index (χ4v) is 1.98. The Morgan fingerprint density at radius 2 is 2.06 bits per heavy atom. The van der Waals surface area contributed by atoms with E-state index < -0.39 is 0 Å². The van der Waals surface area contributed by atoms with Crippen molar-refractivity contribution >= 4 is 21.7 Å². The van der Waals surface area contributed by atoms with Crippen molar-refractivity contribution in [2.45, 2.75) is 13.3 Å². The third-order valence-electron chi connectivity index (χ3n) is 2.40. The van der Waals surface area contributed by atoms with Gasteiger partial charge in [-0.1, -0.05) is 41.1 Å². The molecule has 0 saturated heterocycles. The van der Waals surface area contributed by atoms with Crippen LogP contribution in [-0.4, -0.2) is 9.97 Å². The summed E-state index contributed by atoms with van der Waals surface area (Å²) in [6.07, 6.45) is 0.842. The summed E-state index contributed by atoms with van der Waals surface area (Å²) < 4.78 is 0.969. The van der Waals surface area contributed by atoms with E-state index in [0.29, 0.717) is 11.6 Å². The summed E-state index contributed by atoms with van der Waals surface area (Å²) in [5, 5.41) is 0. The van der Waals surface area contributed by atoms with Gasteiger partial charge in [0.25, 0.3) is 0 Å². The summed E-state index contributed by atoms with van der Waals surface area (Å²) in [6.45, 7) is 2.05. The third kappa shape index (κ3) is 2.62. The Labute approximate surface area is 108 Å². The zero-order valence-electron chi connectivity index (χ0n) is 9.44. The van der Waals surface area contributed by atoms with Crippen LogP contribution in [-0.2, 0) is 6.42 Å². The first kappa shape index (κ1) is 12.0. The highest BCUT2D eigenvalue weighted by Gasteiger charge is 2.08. The number of halogens is 1. The molecule has 0 fully saturated rings. The summed E-state index contributed by atoms with van der Waals surface area (Å²) in [7, 11) is 0. The highest BCUT2D eigenvalue weighted by atomic mass is 79.9. The molecule has 0 atom stereocenters. The maximum absolute atomic E-state index is 5.41. The van der Waals surface area contributed by atoms with Crippen LogP contribution >= 0.6 is 15.9 Å². The van der Waals surface area contributed by atoms with E-state index in [-0.39, 0.29) is 0 Å². The van der Waals surface area contributed by atoms with Crippen LogP contribution in [0.25, 0.3) is 11.4 Å². The topological polar surface area (TPSA) is 63.8 Å². The van der Waals surface area contributed by atoms with Gasteiger partial charge in [-0.3, -0.25) is 0 Å². The molecule has 1 aromatic carbocycles. The standard InChI is InChI=1S/C12H13BrN4/c1-2-8-7-11(17-14)16-12(15-8)9-5-3-4-6-10(9)13/h3-7H,2,14H2,1H3,(H,15,16,17). The predicted octanol–water partition coefficient (Wildman–Crippen LogP) is 2.75. The minimum atomic E-state index is 0.627. The van der Waals surface area contributed by atoms with Crippen LogP contribution in [0, 0.1) is 0 Å². The highest BCUT2D eigenvalue weighted by Crippen LogP contribution is 2.26. The van der Waals surface area contributed by atoms with Gasteiger partial charge in [-0.15, -0.1) is 0 Å². The Hall–Kier alpha value is -1.46. The number of aromatic nitrogens is 2. The van der Waals surface area contributed by atoms with Gasteiger partial charge in [0.05, 0.1) is 0 Å². The zero-order valence-corrected chi connectivity index (χ0v) is 11.0. The van der Waals surface area contributed by atoms with Crippen molar-refractivity contribution in [1.29, 1.82) is 0 Å². The van der Waals surface area contributed by atoms with Crippen molar-refractivity contribution in [3.63, 3.8) is 0 Å². The zero-order chi connectivity index (χ0) is 12.3. The number of anilines is 1. The van der Waals surface area contributed by atoms with Gasteiger partial charge in [0.1, 0.15) is 5.82 Å². The lowest BCUT2D eigenvalue weighted by Gasteiger charge is -2.07. The fourth-order valence-electron chi connectivity index (χ4n) is 1.52. The molecule has 0 unspecified atom stereocenters. The second-order valence-corrected chi connectivity index (χ2v) is 4.40. The maximum Gasteiger partial charge on any atom is 0.162 e. The normalized spacial score (nSPS) is 10.3. The van der Waals surface area contributed by atoms with Gasteiger partial charge >= 0.3 is 0 Å². The summed E-state index contributed by atoms with van der Waals surface area (Å²) in [6, 6.07) is 9.70. The molecular formula is C12H13BrN4. The fraction of sp³-hybridized carbons (Fsp3) is 0.167. The molecule has 5 heteroatoms. The largest absolute Gasteiger partial charge is 0.308 e. The molecule has 2 rings (SSSR count). The molecule has 1 heterocycles. The van der Waals surface area contributed by atoms with E-state index in [2.05, 4.69) is 31.3 Å². The van der Waals surface area contributed by atoms with E-state index in [1.54, 1.807) is 0 Å². The molecule has 4 nitrogen and oxygen atoms in total. The molecule has 3 N–H and O–H groups in total. The van der Waals surface area contributed by atoms with Crippen LogP contribution in [0.5, 0.6) is 0 Å². The lowest BCUT2D eigenvalue weighted by Crippen LogP contribution is -2.10. The number of hydrogen-bond donors (Lipinski definition) is 2. The molecule has 2 aromatic rings. The van der Waals surface area contributed by atoms with E-state index in [9.17, 15) is 0 Å². The van der Waals surface area contributed by atoms with Crippen LogP contribution in [0.3, 0.4) is 0 Å². The van der Waals surface area contributed by atoms with E-state index in [1.165, 1.54) is 0 Å². The van der Waals surface area contributed by atoms with Crippen molar-refractivity contribution in [3.8, 4) is 11.4 Å². The molecule has 0 saturated carbocycles. The number of hydrazine groups is 1. The summed E-state index contributed by atoms with van der Waals surface area (Å²) >= 11 is 3.49. The van der Waals surface area contributed by atoms with Gasteiger partial charge in [0.2, 0.25) is 0 Å². The molecule has 0 spiro atoms. The minimum Gasteiger partial charge on any atom is -0.308 e. The molecule has 0 amide bonds. The second kappa shape index (κ2) is 5.25. The SMILES string of the molecule is CCc1cc(NN)nc(-c2ccccc2Br)n1. The van der Waals surface area contributed by atoms with Crippen molar-refractivity contribution < 1.29 is 0 Å². The van der Waals surface area contributed by atoms with Crippen molar-refractivity contribution in [3.05, 3.63) is 40.5 Å². The number of rotatable bonds is 3. The van der Waals surface area contributed by atoms with Gasteiger partial charge in [-0.2, -0.15) is 0 Å². The molecular weight excluding hydrogens is 280 g/mol. The molecule has 1 aromatic heterocycles. The number of aryl methyl sites for hydroxylation is 1. The van der Waals surface area contributed by atoms with Crippen LogP contribution in [0.4, 0.5) is 5.82 Å². The summed E-state index contributed by atoms with van der Waals surface area (Å²) in [5.74, 6) is 6.70. The molecule has 0 radical (unpaired) electrons. The first-order valence-corrected chi connectivity index (χ1v) is 6.13. The quantitative estimate of drug-likeness (QED) is 0.674. The average Bonchev–Trinajstić information content (AvgIpc) is 2.38. The Morgan fingerprint density at radius 3 is 2.71 bits per heavy atom. The number of nitrogens with two attached hydrogens (primary N) is 1.